The Hall–Kier alpha value is 0.557. The third kappa shape index (κ3) is 8.46. The molecule has 0 aliphatic carbocycles. The Morgan fingerprint density at radius 1 is 1.18 bits per heavy atom. The van der Waals surface area contributed by atoms with Crippen molar-refractivity contribution in [3.63, 3.8) is 0 Å². The van der Waals surface area contributed by atoms with Gasteiger partial charge in [0.1, 0.15) is 0 Å². The Kier molecular flexibility index (Phi) is 7.84. The smallest absolute Gasteiger partial charge is 0.337 e. The monoisotopic (exact) mass is 149 g/mol. The average molecular weight is 149 g/mol. The van der Waals surface area contributed by atoms with Gasteiger partial charge in [0.2, 0.25) is 0 Å². The Balaban J connectivity index is 0. The van der Waals surface area contributed by atoms with Crippen LogP contribution in [0.5, 0.6) is 0 Å². The summed E-state index contributed by atoms with van der Waals surface area (Å²) in [5, 5.41) is 0. The van der Waals surface area contributed by atoms with E-state index in [4.69, 9.17) is 0 Å². The Labute approximate surface area is 83.7 Å². The zero-order valence-electron chi connectivity index (χ0n) is 8.78. The summed E-state index contributed by atoms with van der Waals surface area (Å²) in [7, 11) is 0. The van der Waals surface area contributed by atoms with Crippen molar-refractivity contribution in [3.05, 3.63) is 6.92 Å². The van der Waals surface area contributed by atoms with Crippen LogP contribution in [0.3, 0.4) is 0 Å². The summed E-state index contributed by atoms with van der Waals surface area (Å²) in [6.07, 6.45) is 0. The third-order valence-electron chi connectivity index (χ3n) is 1.55. The maximum Gasteiger partial charge on any atom is 1.00 e. The van der Waals surface area contributed by atoms with Crippen LogP contribution in [0, 0.1) is 12.3 Å². The Bertz CT molecular complexity index is 82.1. The van der Waals surface area contributed by atoms with Gasteiger partial charge in [0.15, 0.2) is 0 Å². The number of hydrogen-bond donors (Lipinski definition) is 0. The predicted octanol–water partition coefficient (Wildman–Crippen LogP) is -0.808. The van der Waals surface area contributed by atoms with Crippen LogP contribution >= 0.6 is 0 Å². The maximum atomic E-state index is 4.06. The molecule has 0 aromatic rings. The van der Waals surface area contributed by atoms with E-state index in [2.05, 4.69) is 39.5 Å². The summed E-state index contributed by atoms with van der Waals surface area (Å²) < 4.78 is 0. The van der Waals surface area contributed by atoms with Crippen LogP contribution in [0.2, 0.25) is 0 Å². The first-order valence-corrected chi connectivity index (χ1v) is 4.07. The fourth-order valence-corrected chi connectivity index (χ4v) is 1.05. The van der Waals surface area contributed by atoms with Gasteiger partial charge in [-0.3, -0.25) is 0 Å². The zero-order valence-corrected chi connectivity index (χ0v) is 8.78. The van der Waals surface area contributed by atoms with Gasteiger partial charge in [-0.15, -0.1) is 0 Å². The largest absolute Gasteiger partial charge is 1.00 e. The molecule has 0 unspecified atom stereocenters. The normalized spacial score (nSPS) is 11.5. The van der Waals surface area contributed by atoms with E-state index in [1.807, 2.05) is 0 Å². The van der Waals surface area contributed by atoms with E-state index in [0.717, 1.165) is 19.6 Å². The quantitative estimate of drug-likeness (QED) is 0.373. The first-order chi connectivity index (χ1) is 4.49. The van der Waals surface area contributed by atoms with E-state index in [-0.39, 0.29) is 24.3 Å². The first kappa shape index (κ1) is 14.1. The number of nitrogens with zero attached hydrogens (tertiary/aromatic N) is 1. The van der Waals surface area contributed by atoms with Gasteiger partial charge in [0.25, 0.3) is 0 Å². The summed E-state index contributed by atoms with van der Waals surface area (Å²) in [6, 6.07) is 0. The molecule has 0 rings (SSSR count). The summed E-state index contributed by atoms with van der Waals surface area (Å²) >= 11 is 0. The van der Waals surface area contributed by atoms with Crippen molar-refractivity contribution < 1.29 is 18.9 Å². The van der Waals surface area contributed by atoms with Crippen LogP contribution in [0.4, 0.5) is 0 Å². The van der Waals surface area contributed by atoms with Gasteiger partial charge in [0.05, 0.1) is 0 Å². The van der Waals surface area contributed by atoms with Crippen LogP contribution in [0.1, 0.15) is 27.7 Å². The molecular formula is C9H20LiN. The molecule has 62 valence electrons. The minimum Gasteiger partial charge on any atom is -0.337 e. The van der Waals surface area contributed by atoms with Gasteiger partial charge in [-0.2, -0.15) is 5.41 Å². The summed E-state index contributed by atoms with van der Waals surface area (Å²) in [6.45, 7) is 16.2. The molecular weight excluding hydrogens is 129 g/mol. The van der Waals surface area contributed by atoms with Crippen molar-refractivity contribution in [1.82, 2.24) is 4.90 Å². The summed E-state index contributed by atoms with van der Waals surface area (Å²) in [5.41, 5.74) is 0.200. The molecule has 0 heterocycles. The van der Waals surface area contributed by atoms with E-state index >= 15 is 0 Å². The second kappa shape index (κ2) is 6.12. The van der Waals surface area contributed by atoms with Crippen LogP contribution < -0.4 is 18.9 Å². The van der Waals surface area contributed by atoms with Crippen LogP contribution in [-0.4, -0.2) is 24.5 Å². The molecule has 1 nitrogen and oxygen atoms in total. The van der Waals surface area contributed by atoms with Crippen molar-refractivity contribution in [3.8, 4) is 0 Å². The molecule has 11 heavy (non-hydrogen) atoms. The van der Waals surface area contributed by atoms with E-state index < -0.39 is 0 Å². The molecule has 2 heteroatoms. The van der Waals surface area contributed by atoms with Gasteiger partial charge < -0.3 is 11.8 Å². The molecule has 0 aliphatic heterocycles. The molecule has 0 N–H and O–H groups in total. The van der Waals surface area contributed by atoms with Crippen LogP contribution in [-0.2, 0) is 0 Å². The van der Waals surface area contributed by atoms with Gasteiger partial charge >= 0.3 is 18.9 Å². The second-order valence-electron chi connectivity index (χ2n) is 3.63. The predicted molar refractivity (Wildman–Crippen MR) is 46.9 cm³/mol. The standard InChI is InChI=1S/C9H20N.Li/c1-6-10(7-2)8-9(3,4)5;/h3,6-8H2,1-2,4-5H3;/q-1;+1. The third-order valence-corrected chi connectivity index (χ3v) is 1.55. The molecule has 0 aliphatic rings. The van der Waals surface area contributed by atoms with Crippen molar-refractivity contribution in [2.75, 3.05) is 19.6 Å². The molecule has 0 saturated carbocycles. The summed E-state index contributed by atoms with van der Waals surface area (Å²) in [4.78, 5) is 2.40. The fourth-order valence-electron chi connectivity index (χ4n) is 1.05. The molecule has 0 bridgehead atoms. The van der Waals surface area contributed by atoms with Crippen molar-refractivity contribution in [2.45, 2.75) is 27.7 Å². The molecule has 0 spiro atoms. The average Bonchev–Trinajstić information content (AvgIpc) is 1.81. The molecule has 0 amide bonds. The molecule has 0 aromatic carbocycles. The minimum atomic E-state index is 0. The van der Waals surface area contributed by atoms with E-state index in [1.165, 1.54) is 0 Å². The fraction of sp³-hybridized carbons (Fsp3) is 0.889. The van der Waals surface area contributed by atoms with Crippen LogP contribution in [0.15, 0.2) is 0 Å². The van der Waals surface area contributed by atoms with Crippen molar-refractivity contribution in [1.29, 1.82) is 0 Å². The zero-order chi connectivity index (χ0) is 8.20. The molecule has 0 aromatic heterocycles. The topological polar surface area (TPSA) is 3.24 Å². The van der Waals surface area contributed by atoms with E-state index in [1.54, 1.807) is 0 Å². The number of hydrogen-bond acceptors (Lipinski definition) is 1. The van der Waals surface area contributed by atoms with Gasteiger partial charge in [0, 0.05) is 0 Å². The Morgan fingerprint density at radius 2 is 1.55 bits per heavy atom. The van der Waals surface area contributed by atoms with Gasteiger partial charge in [-0.05, 0) is 19.6 Å². The van der Waals surface area contributed by atoms with Gasteiger partial charge in [-0.1, -0.05) is 27.7 Å². The number of rotatable bonds is 4. The summed E-state index contributed by atoms with van der Waals surface area (Å²) in [5.74, 6) is 0. The van der Waals surface area contributed by atoms with Gasteiger partial charge in [-0.25, -0.2) is 0 Å². The van der Waals surface area contributed by atoms with Crippen molar-refractivity contribution in [2.24, 2.45) is 5.41 Å². The minimum absolute atomic E-state index is 0. The molecule has 0 atom stereocenters. The SMILES string of the molecule is [CH2-]C(C)(C)CN(CC)CC.[Li+]. The van der Waals surface area contributed by atoms with E-state index in [0.29, 0.717) is 0 Å². The van der Waals surface area contributed by atoms with E-state index in [9.17, 15) is 0 Å². The molecule has 0 saturated heterocycles. The van der Waals surface area contributed by atoms with Crippen molar-refractivity contribution >= 4 is 0 Å². The molecule has 0 radical (unpaired) electrons. The first-order valence-electron chi connectivity index (χ1n) is 4.07. The Morgan fingerprint density at radius 3 is 1.64 bits per heavy atom. The molecule has 0 fully saturated rings. The second-order valence-corrected chi connectivity index (χ2v) is 3.63. The maximum absolute atomic E-state index is 4.06. The van der Waals surface area contributed by atoms with Crippen LogP contribution in [0.25, 0.3) is 0 Å².